The second-order valence-corrected chi connectivity index (χ2v) is 21.4. The maximum absolute atomic E-state index is 12.6. The number of carbonyl (C=O) groups excluding carboxylic acids is 1. The summed E-state index contributed by atoms with van der Waals surface area (Å²) in [6.45, 7) is 4.08. The van der Waals surface area contributed by atoms with E-state index in [4.69, 9.17) is 0 Å². The molecular formula is C62H121NO5. The highest BCUT2D eigenvalue weighted by Crippen LogP contribution is 2.18. The lowest BCUT2D eigenvalue weighted by atomic mass is 10.00. The molecule has 0 radical (unpaired) electrons. The molecule has 5 N–H and O–H groups in total. The first-order valence-corrected chi connectivity index (χ1v) is 30.7. The molecule has 0 fully saturated rings. The topological polar surface area (TPSA) is 110 Å². The minimum absolute atomic E-state index is 0.365. The largest absolute Gasteiger partial charge is 0.394 e. The fourth-order valence-electron chi connectivity index (χ4n) is 9.84. The van der Waals surface area contributed by atoms with Crippen molar-refractivity contribution in [2.24, 2.45) is 0 Å². The highest BCUT2D eigenvalue weighted by Gasteiger charge is 2.28. The molecule has 0 spiro atoms. The van der Waals surface area contributed by atoms with Crippen LogP contribution < -0.4 is 5.32 Å². The number of rotatable bonds is 57. The monoisotopic (exact) mass is 960 g/mol. The first kappa shape index (κ1) is 66.8. The van der Waals surface area contributed by atoms with E-state index in [2.05, 4.69) is 43.5 Å². The molecule has 404 valence electrons. The molecule has 6 heteroatoms. The average molecular weight is 961 g/mol. The van der Waals surface area contributed by atoms with Gasteiger partial charge in [0.05, 0.1) is 18.8 Å². The third-order valence-electron chi connectivity index (χ3n) is 14.6. The summed E-state index contributed by atoms with van der Waals surface area (Å²) in [5, 5.41) is 44.0. The van der Waals surface area contributed by atoms with Crippen LogP contribution >= 0.6 is 0 Å². The van der Waals surface area contributed by atoms with Gasteiger partial charge in [-0.3, -0.25) is 4.79 Å². The highest BCUT2D eigenvalue weighted by molar-refractivity contribution is 5.80. The molecule has 4 atom stereocenters. The summed E-state index contributed by atoms with van der Waals surface area (Å²) in [5.41, 5.74) is 0. The number of carbonyl (C=O) groups is 1. The van der Waals surface area contributed by atoms with Gasteiger partial charge in [-0.2, -0.15) is 0 Å². The average Bonchev–Trinajstić information content (AvgIpc) is 3.34. The first-order valence-electron chi connectivity index (χ1n) is 30.7. The Labute approximate surface area is 425 Å². The Balaban J connectivity index is 3.59. The van der Waals surface area contributed by atoms with Gasteiger partial charge >= 0.3 is 0 Å². The van der Waals surface area contributed by atoms with Crippen LogP contribution in [0, 0.1) is 0 Å². The molecule has 6 nitrogen and oxygen atoms in total. The maximum atomic E-state index is 12.6. The summed E-state index contributed by atoms with van der Waals surface area (Å²) in [7, 11) is 0. The van der Waals surface area contributed by atoms with Gasteiger partial charge in [-0.05, 0) is 51.4 Å². The molecule has 0 aliphatic rings. The summed E-state index contributed by atoms with van der Waals surface area (Å²) in [4.78, 5) is 12.6. The fourth-order valence-corrected chi connectivity index (χ4v) is 9.84. The second kappa shape index (κ2) is 56.7. The fraction of sp³-hybridized carbons (Fsp3) is 0.919. The van der Waals surface area contributed by atoms with Crippen LogP contribution in [-0.2, 0) is 4.79 Å². The molecule has 0 aromatic heterocycles. The zero-order valence-corrected chi connectivity index (χ0v) is 45.9. The van der Waals surface area contributed by atoms with Crippen LogP contribution in [0.25, 0.3) is 0 Å². The summed E-state index contributed by atoms with van der Waals surface area (Å²) >= 11 is 0. The van der Waals surface area contributed by atoms with E-state index in [0.29, 0.717) is 19.3 Å². The van der Waals surface area contributed by atoms with E-state index in [1.54, 1.807) is 0 Å². The van der Waals surface area contributed by atoms with Crippen molar-refractivity contribution in [1.29, 1.82) is 0 Å². The van der Waals surface area contributed by atoms with Gasteiger partial charge in [0, 0.05) is 0 Å². The third kappa shape index (κ3) is 49.8. The second-order valence-electron chi connectivity index (χ2n) is 21.4. The summed E-state index contributed by atoms with van der Waals surface area (Å²) in [6, 6.07) is -1.01. The van der Waals surface area contributed by atoms with Gasteiger partial charge in [-0.25, -0.2) is 0 Å². The third-order valence-corrected chi connectivity index (χ3v) is 14.6. The smallest absolute Gasteiger partial charge is 0.249 e. The molecule has 0 saturated heterocycles. The molecule has 0 aliphatic heterocycles. The Kier molecular flexibility index (Phi) is 55.7. The van der Waals surface area contributed by atoms with Crippen molar-refractivity contribution in [2.45, 2.75) is 359 Å². The number of hydrogen-bond acceptors (Lipinski definition) is 5. The van der Waals surface area contributed by atoms with Crippen LogP contribution in [0.15, 0.2) is 24.3 Å². The zero-order valence-electron chi connectivity index (χ0n) is 45.9. The molecule has 1 amide bonds. The van der Waals surface area contributed by atoms with E-state index in [1.165, 1.54) is 263 Å². The molecular weight excluding hydrogens is 839 g/mol. The minimum Gasteiger partial charge on any atom is -0.394 e. The van der Waals surface area contributed by atoms with Crippen LogP contribution in [0.4, 0.5) is 0 Å². The van der Waals surface area contributed by atoms with Gasteiger partial charge in [0.15, 0.2) is 0 Å². The number of unbranched alkanes of at least 4 members (excludes halogenated alkanes) is 44. The molecule has 0 saturated carbocycles. The van der Waals surface area contributed by atoms with E-state index in [0.717, 1.165) is 38.5 Å². The van der Waals surface area contributed by atoms with Crippen molar-refractivity contribution >= 4 is 5.91 Å². The van der Waals surface area contributed by atoms with Crippen LogP contribution in [0.3, 0.4) is 0 Å². The Morgan fingerprint density at radius 1 is 0.353 bits per heavy atom. The van der Waals surface area contributed by atoms with Gasteiger partial charge < -0.3 is 25.7 Å². The number of allylic oxidation sites excluding steroid dienone is 4. The van der Waals surface area contributed by atoms with E-state index in [1.807, 2.05) is 0 Å². The van der Waals surface area contributed by atoms with Gasteiger partial charge in [0.25, 0.3) is 0 Å². The summed E-state index contributed by atoms with van der Waals surface area (Å²) in [5.74, 6) is -0.591. The van der Waals surface area contributed by atoms with E-state index in [-0.39, 0.29) is 0 Å². The van der Waals surface area contributed by atoms with E-state index in [9.17, 15) is 25.2 Å². The van der Waals surface area contributed by atoms with Crippen LogP contribution in [0.1, 0.15) is 335 Å². The minimum atomic E-state index is -1.29. The SMILES string of the molecule is CCCCCCCCCCCCCC/C=C/CC/C=C/CCCC(O)C(O)C(CO)NC(=O)C(O)CCCCCCCCCCCCCCCCCCCCCCCCCCCCCCCCC. The van der Waals surface area contributed by atoms with Crippen molar-refractivity contribution in [3.8, 4) is 0 Å². The van der Waals surface area contributed by atoms with Gasteiger partial charge in [-0.15, -0.1) is 0 Å². The molecule has 68 heavy (non-hydrogen) atoms. The summed E-state index contributed by atoms with van der Waals surface area (Å²) < 4.78 is 0. The van der Waals surface area contributed by atoms with Gasteiger partial charge in [0.1, 0.15) is 12.2 Å². The standard InChI is InChI=1S/C62H121NO5/c1-3-5-7-9-11-13-15-17-19-21-23-25-26-27-28-29-30-31-32-33-34-36-38-40-42-44-46-48-50-52-54-56-60(66)62(68)63-58(57-64)61(67)59(65)55-53-51-49-47-45-43-41-39-37-35-24-22-20-18-16-14-12-10-8-6-4-2/h39,41,47,49,58-61,64-67H,3-38,40,42-46,48,50-57H2,1-2H3,(H,63,68)/b41-39+,49-47+. The summed E-state index contributed by atoms with van der Waals surface area (Å²) in [6.07, 6.45) is 69.9. The molecule has 4 unspecified atom stereocenters. The number of nitrogens with one attached hydrogen (secondary N) is 1. The molecule has 0 bridgehead atoms. The van der Waals surface area contributed by atoms with Crippen molar-refractivity contribution in [2.75, 3.05) is 6.61 Å². The molecule has 0 heterocycles. The Morgan fingerprint density at radius 3 is 0.926 bits per heavy atom. The van der Waals surface area contributed by atoms with Crippen LogP contribution in [-0.4, -0.2) is 57.3 Å². The van der Waals surface area contributed by atoms with Gasteiger partial charge in [-0.1, -0.05) is 308 Å². The quantitative estimate of drug-likeness (QED) is 0.0308. The number of aliphatic hydroxyl groups is 4. The van der Waals surface area contributed by atoms with Crippen molar-refractivity contribution < 1.29 is 25.2 Å². The molecule has 0 aliphatic carbocycles. The number of aliphatic hydroxyl groups excluding tert-OH is 4. The van der Waals surface area contributed by atoms with Crippen LogP contribution in [0.2, 0.25) is 0 Å². The highest BCUT2D eigenvalue weighted by atomic mass is 16.3. The lowest BCUT2D eigenvalue weighted by molar-refractivity contribution is -0.132. The van der Waals surface area contributed by atoms with Crippen molar-refractivity contribution in [1.82, 2.24) is 5.32 Å². The Morgan fingerprint density at radius 2 is 0.618 bits per heavy atom. The molecule has 0 rings (SSSR count). The van der Waals surface area contributed by atoms with Crippen LogP contribution in [0.5, 0.6) is 0 Å². The lowest BCUT2D eigenvalue weighted by Gasteiger charge is -2.27. The Hall–Kier alpha value is -1.21. The predicted octanol–water partition coefficient (Wildman–Crippen LogP) is 18.2. The first-order chi connectivity index (χ1) is 33.5. The maximum Gasteiger partial charge on any atom is 0.249 e. The van der Waals surface area contributed by atoms with E-state index >= 15 is 0 Å². The number of amides is 1. The van der Waals surface area contributed by atoms with Gasteiger partial charge in [0.2, 0.25) is 5.91 Å². The molecule has 0 aromatic carbocycles. The van der Waals surface area contributed by atoms with Crippen molar-refractivity contribution in [3.05, 3.63) is 24.3 Å². The Bertz CT molecular complexity index is 1030. The lowest BCUT2D eigenvalue weighted by Crippen LogP contribution is -2.53. The van der Waals surface area contributed by atoms with E-state index < -0.39 is 36.9 Å². The number of hydrogen-bond donors (Lipinski definition) is 5. The molecule has 0 aromatic rings. The normalized spacial score (nSPS) is 13.8. The van der Waals surface area contributed by atoms with Crippen molar-refractivity contribution in [3.63, 3.8) is 0 Å². The predicted molar refractivity (Wildman–Crippen MR) is 298 cm³/mol. The zero-order chi connectivity index (χ0) is 49.5.